The molecule has 0 spiro atoms. The summed E-state index contributed by atoms with van der Waals surface area (Å²) in [7, 11) is 0.757. The normalized spacial score (nSPS) is 23.2. The van der Waals surface area contributed by atoms with Crippen LogP contribution in [-0.2, 0) is 15.6 Å². The van der Waals surface area contributed by atoms with Crippen LogP contribution in [0.1, 0.15) is 122 Å². The molecule has 1 aliphatic heterocycles. The molecule has 0 aromatic heterocycles. The monoisotopic (exact) mass is 383 g/mol. The lowest BCUT2D eigenvalue weighted by atomic mass is 10.0. The van der Waals surface area contributed by atoms with E-state index in [4.69, 9.17) is 4.74 Å². The molecule has 1 aliphatic carbocycles. The first kappa shape index (κ1) is 22.6. The van der Waals surface area contributed by atoms with E-state index in [0.29, 0.717) is 6.10 Å². The van der Waals surface area contributed by atoms with Crippen molar-refractivity contribution < 1.29 is 4.74 Å². The van der Waals surface area contributed by atoms with Crippen LogP contribution in [0.15, 0.2) is 0 Å². The van der Waals surface area contributed by atoms with E-state index in [1.807, 2.05) is 0 Å². The van der Waals surface area contributed by atoms with Gasteiger partial charge in [-0.25, -0.2) is 0 Å². The van der Waals surface area contributed by atoms with E-state index in [1.54, 1.807) is 18.6 Å². The van der Waals surface area contributed by atoms with E-state index in [2.05, 4.69) is 6.92 Å². The number of ether oxygens (including phenoxy) is 1. The average molecular weight is 384 g/mol. The van der Waals surface area contributed by atoms with Crippen molar-refractivity contribution in [3.63, 3.8) is 0 Å². The molecule has 2 atom stereocenters. The van der Waals surface area contributed by atoms with Crippen LogP contribution in [0.2, 0.25) is 0 Å². The molecule has 0 amide bonds. The molecule has 2 heteroatoms. The van der Waals surface area contributed by atoms with Crippen LogP contribution in [-0.4, -0.2) is 29.5 Å². The van der Waals surface area contributed by atoms with Gasteiger partial charge in [0.1, 0.15) is 16.8 Å². The zero-order chi connectivity index (χ0) is 18.3. The Kier molecular flexibility index (Phi) is 13.3. The molecule has 0 aromatic rings. The fraction of sp³-hybridized carbons (Fsp3) is 1.00. The van der Waals surface area contributed by atoms with Crippen LogP contribution in [0.25, 0.3) is 0 Å². The predicted molar refractivity (Wildman–Crippen MR) is 119 cm³/mol. The molecule has 1 saturated carbocycles. The average Bonchev–Trinajstić information content (AvgIpc) is 2.70. The lowest BCUT2D eigenvalue weighted by Gasteiger charge is -2.22. The molecule has 0 aromatic carbocycles. The van der Waals surface area contributed by atoms with Crippen molar-refractivity contribution in [3.05, 3.63) is 0 Å². The predicted octanol–water partition coefficient (Wildman–Crippen LogP) is 7.43. The van der Waals surface area contributed by atoms with Crippen molar-refractivity contribution in [2.75, 3.05) is 18.1 Å². The summed E-state index contributed by atoms with van der Waals surface area (Å²) in [6.07, 6.45) is 26.7. The molecule has 2 aliphatic rings. The van der Waals surface area contributed by atoms with Gasteiger partial charge in [-0.15, -0.1) is 0 Å². The van der Waals surface area contributed by atoms with Crippen LogP contribution in [0.4, 0.5) is 0 Å². The van der Waals surface area contributed by atoms with Gasteiger partial charge in [0.2, 0.25) is 0 Å². The first-order valence-corrected chi connectivity index (χ1v) is 13.8. The Bertz CT molecular complexity index is 307. The summed E-state index contributed by atoms with van der Waals surface area (Å²) < 4.78 is 5.82. The van der Waals surface area contributed by atoms with Crippen LogP contribution < -0.4 is 0 Å². The van der Waals surface area contributed by atoms with Gasteiger partial charge < -0.3 is 4.74 Å². The summed E-state index contributed by atoms with van der Waals surface area (Å²) in [6.45, 7) is 3.46. The molecule has 0 radical (unpaired) electrons. The Morgan fingerprint density at radius 3 is 1.92 bits per heavy atom. The highest BCUT2D eigenvalue weighted by Gasteiger charge is 2.29. The number of hydrogen-bond acceptors (Lipinski definition) is 1. The quantitative estimate of drug-likeness (QED) is 0.224. The summed E-state index contributed by atoms with van der Waals surface area (Å²) in [6, 6.07) is 0. The fourth-order valence-electron chi connectivity index (χ4n) is 4.88. The van der Waals surface area contributed by atoms with Crippen molar-refractivity contribution in [2.24, 2.45) is 0 Å². The smallest absolute Gasteiger partial charge is 0.118 e. The maximum absolute atomic E-state index is 5.82. The van der Waals surface area contributed by atoms with Crippen molar-refractivity contribution >= 4 is 10.9 Å². The summed E-state index contributed by atoms with van der Waals surface area (Å²) >= 11 is 0. The molecule has 1 heterocycles. The maximum atomic E-state index is 5.82. The lowest BCUT2D eigenvalue weighted by Crippen LogP contribution is -2.28. The van der Waals surface area contributed by atoms with Gasteiger partial charge in [0.05, 0.1) is 6.10 Å². The fourth-order valence-corrected chi connectivity index (χ4v) is 7.55. The van der Waals surface area contributed by atoms with Gasteiger partial charge in [0.25, 0.3) is 0 Å². The van der Waals surface area contributed by atoms with Gasteiger partial charge in [-0.3, -0.25) is 0 Å². The SMILES string of the molecule is CC[S+](CCCCCCCCCCCC1CCCCO1)C1CCCCC1. The van der Waals surface area contributed by atoms with Crippen molar-refractivity contribution in [1.29, 1.82) is 0 Å². The second-order valence-corrected chi connectivity index (χ2v) is 11.5. The highest BCUT2D eigenvalue weighted by atomic mass is 32.2. The zero-order valence-corrected chi connectivity index (χ0v) is 18.6. The summed E-state index contributed by atoms with van der Waals surface area (Å²) in [5, 5.41) is 1.10. The lowest BCUT2D eigenvalue weighted by molar-refractivity contribution is 0.00977. The van der Waals surface area contributed by atoms with Crippen molar-refractivity contribution in [2.45, 2.75) is 134 Å². The number of unbranched alkanes of at least 4 members (excludes halogenated alkanes) is 8. The number of rotatable bonds is 14. The molecule has 0 N–H and O–H groups in total. The van der Waals surface area contributed by atoms with E-state index in [-0.39, 0.29) is 0 Å². The third-order valence-electron chi connectivity index (χ3n) is 6.60. The minimum atomic E-state index is 0.602. The molecule has 154 valence electrons. The number of hydrogen-bond donors (Lipinski definition) is 0. The Morgan fingerprint density at radius 2 is 1.31 bits per heavy atom. The Labute approximate surface area is 167 Å². The van der Waals surface area contributed by atoms with Gasteiger partial charge in [-0.05, 0) is 82.0 Å². The molecule has 26 heavy (non-hydrogen) atoms. The van der Waals surface area contributed by atoms with Crippen LogP contribution >= 0.6 is 0 Å². The minimum Gasteiger partial charge on any atom is -0.378 e. The van der Waals surface area contributed by atoms with E-state index in [9.17, 15) is 0 Å². The Balaban J connectivity index is 1.33. The van der Waals surface area contributed by atoms with E-state index >= 15 is 0 Å². The van der Waals surface area contributed by atoms with E-state index in [1.165, 1.54) is 108 Å². The van der Waals surface area contributed by atoms with Crippen LogP contribution in [0.3, 0.4) is 0 Å². The maximum Gasteiger partial charge on any atom is 0.118 e. The third kappa shape index (κ3) is 10.0. The second kappa shape index (κ2) is 15.3. The highest BCUT2D eigenvalue weighted by molar-refractivity contribution is 7.97. The van der Waals surface area contributed by atoms with Gasteiger partial charge in [0, 0.05) is 6.61 Å². The van der Waals surface area contributed by atoms with Crippen LogP contribution in [0.5, 0.6) is 0 Å². The molecule has 1 saturated heterocycles. The topological polar surface area (TPSA) is 9.23 Å². The highest BCUT2D eigenvalue weighted by Crippen LogP contribution is 2.26. The second-order valence-electron chi connectivity index (χ2n) is 8.75. The van der Waals surface area contributed by atoms with Gasteiger partial charge in [-0.1, -0.05) is 51.4 Å². The Morgan fingerprint density at radius 1 is 0.692 bits per heavy atom. The molecule has 0 bridgehead atoms. The summed E-state index contributed by atoms with van der Waals surface area (Å²) in [5.41, 5.74) is 0. The third-order valence-corrected chi connectivity index (χ3v) is 9.57. The molecule has 2 rings (SSSR count). The molecule has 2 fully saturated rings. The van der Waals surface area contributed by atoms with Crippen LogP contribution in [0, 0.1) is 0 Å². The minimum absolute atomic E-state index is 0.602. The standard InChI is InChI=1S/C24H47OS/c1-2-26(24-19-12-10-13-20-24)22-16-9-7-5-3-4-6-8-11-17-23-18-14-15-21-25-23/h23-24H,2-22H2,1H3/q+1. The van der Waals surface area contributed by atoms with Crippen molar-refractivity contribution in [1.82, 2.24) is 0 Å². The largest absolute Gasteiger partial charge is 0.378 e. The zero-order valence-electron chi connectivity index (χ0n) is 17.8. The van der Waals surface area contributed by atoms with E-state index < -0.39 is 0 Å². The Hall–Kier alpha value is 0.310. The first-order valence-electron chi connectivity index (χ1n) is 12.2. The van der Waals surface area contributed by atoms with E-state index in [0.717, 1.165) is 22.8 Å². The first-order chi connectivity index (χ1) is 12.9. The molecule has 2 unspecified atom stereocenters. The van der Waals surface area contributed by atoms with Gasteiger partial charge in [-0.2, -0.15) is 0 Å². The summed E-state index contributed by atoms with van der Waals surface area (Å²) in [5.74, 6) is 3.00. The summed E-state index contributed by atoms with van der Waals surface area (Å²) in [4.78, 5) is 0. The molecular weight excluding hydrogens is 336 g/mol. The van der Waals surface area contributed by atoms with Crippen molar-refractivity contribution in [3.8, 4) is 0 Å². The molecule has 1 nitrogen and oxygen atoms in total. The van der Waals surface area contributed by atoms with Gasteiger partial charge >= 0.3 is 0 Å². The molecular formula is C24H47OS+. The van der Waals surface area contributed by atoms with Gasteiger partial charge in [0.15, 0.2) is 0 Å².